The molecule has 2 rings (SSSR count). The normalized spacial score (nSPS) is 13.7. The molecule has 0 aliphatic carbocycles. The lowest BCUT2D eigenvalue weighted by atomic mass is 10.2. The second-order valence-corrected chi connectivity index (χ2v) is 4.19. The number of anilines is 2. The van der Waals surface area contributed by atoms with Gasteiger partial charge in [0.2, 0.25) is 5.91 Å². The maximum Gasteiger partial charge on any atom is 0.262 e. The van der Waals surface area contributed by atoms with Crippen LogP contribution in [0, 0.1) is 5.92 Å². The van der Waals surface area contributed by atoms with Crippen LogP contribution in [0.3, 0.4) is 0 Å². The highest BCUT2D eigenvalue weighted by atomic mass is 16.5. The van der Waals surface area contributed by atoms with E-state index in [1.54, 1.807) is 18.2 Å². The molecule has 1 aromatic carbocycles. The Morgan fingerprint density at radius 1 is 1.47 bits per heavy atom. The number of benzene rings is 1. The van der Waals surface area contributed by atoms with Crippen LogP contribution in [0.4, 0.5) is 11.4 Å². The van der Waals surface area contributed by atoms with Gasteiger partial charge in [-0.25, -0.2) is 0 Å². The monoisotopic (exact) mass is 234 g/mol. The predicted octanol–water partition coefficient (Wildman–Crippen LogP) is 1.61. The summed E-state index contributed by atoms with van der Waals surface area (Å²) < 4.78 is 5.26. The minimum absolute atomic E-state index is 0.00851. The molecule has 0 radical (unpaired) electrons. The van der Waals surface area contributed by atoms with Gasteiger partial charge >= 0.3 is 0 Å². The summed E-state index contributed by atoms with van der Waals surface area (Å²) in [6.07, 6.45) is 0. The van der Waals surface area contributed by atoms with E-state index in [-0.39, 0.29) is 24.3 Å². The van der Waals surface area contributed by atoms with Crippen LogP contribution >= 0.6 is 0 Å². The maximum atomic E-state index is 11.5. The van der Waals surface area contributed by atoms with Crippen LogP contribution in [0.2, 0.25) is 0 Å². The summed E-state index contributed by atoms with van der Waals surface area (Å²) >= 11 is 0. The lowest BCUT2D eigenvalue weighted by molar-refractivity contribution is -0.119. The Bertz CT molecular complexity index is 469. The lowest BCUT2D eigenvalue weighted by Crippen LogP contribution is -2.25. The van der Waals surface area contributed by atoms with Crippen molar-refractivity contribution in [3.8, 4) is 5.75 Å². The van der Waals surface area contributed by atoms with Crippen LogP contribution in [0.5, 0.6) is 5.75 Å². The average Bonchev–Trinajstić information content (AvgIpc) is 2.29. The Morgan fingerprint density at radius 2 is 2.24 bits per heavy atom. The van der Waals surface area contributed by atoms with Gasteiger partial charge in [0.15, 0.2) is 6.61 Å². The molecule has 0 unspecified atom stereocenters. The zero-order chi connectivity index (χ0) is 12.4. The maximum absolute atomic E-state index is 11.5. The van der Waals surface area contributed by atoms with E-state index in [1.807, 2.05) is 13.8 Å². The van der Waals surface area contributed by atoms with Crippen molar-refractivity contribution >= 4 is 23.2 Å². The average molecular weight is 234 g/mol. The van der Waals surface area contributed by atoms with E-state index in [1.165, 1.54) is 0 Å². The summed E-state index contributed by atoms with van der Waals surface area (Å²) in [5, 5.41) is 5.46. The number of amides is 2. The first-order valence-corrected chi connectivity index (χ1v) is 5.44. The third kappa shape index (κ3) is 2.55. The first kappa shape index (κ1) is 11.4. The lowest BCUT2D eigenvalue weighted by Gasteiger charge is -2.18. The van der Waals surface area contributed by atoms with E-state index in [9.17, 15) is 9.59 Å². The van der Waals surface area contributed by atoms with E-state index >= 15 is 0 Å². The number of ether oxygens (including phenoxy) is 1. The fraction of sp³-hybridized carbons (Fsp3) is 0.333. The third-order valence-corrected chi connectivity index (χ3v) is 2.41. The van der Waals surface area contributed by atoms with Gasteiger partial charge in [-0.15, -0.1) is 0 Å². The molecule has 5 heteroatoms. The highest BCUT2D eigenvalue weighted by Gasteiger charge is 2.16. The molecule has 1 aromatic rings. The number of nitrogens with one attached hydrogen (secondary N) is 2. The topological polar surface area (TPSA) is 67.4 Å². The third-order valence-electron chi connectivity index (χ3n) is 2.41. The molecule has 5 nitrogen and oxygen atoms in total. The minimum atomic E-state index is -0.170. The molecule has 0 bridgehead atoms. The smallest absolute Gasteiger partial charge is 0.262 e. The summed E-state index contributed by atoms with van der Waals surface area (Å²) in [5.74, 6) is 0.277. The summed E-state index contributed by atoms with van der Waals surface area (Å²) in [7, 11) is 0. The van der Waals surface area contributed by atoms with Crippen LogP contribution in [0.1, 0.15) is 13.8 Å². The molecule has 1 aliphatic heterocycles. The SMILES string of the molecule is CC(C)C(=O)Nc1ccc2c(c1)OCC(=O)N2. The second-order valence-electron chi connectivity index (χ2n) is 4.19. The Morgan fingerprint density at radius 3 is 2.94 bits per heavy atom. The molecule has 1 aliphatic rings. The van der Waals surface area contributed by atoms with Crippen LogP contribution in [-0.4, -0.2) is 18.4 Å². The van der Waals surface area contributed by atoms with E-state index in [0.717, 1.165) is 0 Å². The van der Waals surface area contributed by atoms with Crippen molar-refractivity contribution in [1.29, 1.82) is 0 Å². The summed E-state index contributed by atoms with van der Waals surface area (Å²) in [4.78, 5) is 22.6. The zero-order valence-corrected chi connectivity index (χ0v) is 9.74. The van der Waals surface area contributed by atoms with Crippen molar-refractivity contribution in [2.24, 2.45) is 5.92 Å². The molecule has 2 N–H and O–H groups in total. The number of rotatable bonds is 2. The second kappa shape index (κ2) is 4.45. The number of hydrogen-bond donors (Lipinski definition) is 2. The van der Waals surface area contributed by atoms with Crippen LogP contribution in [0.15, 0.2) is 18.2 Å². The molecule has 1 heterocycles. The van der Waals surface area contributed by atoms with Gasteiger partial charge in [0, 0.05) is 17.7 Å². The summed E-state index contributed by atoms with van der Waals surface area (Å²) in [6, 6.07) is 5.14. The van der Waals surface area contributed by atoms with E-state index < -0.39 is 0 Å². The van der Waals surface area contributed by atoms with Gasteiger partial charge in [0.1, 0.15) is 5.75 Å². The highest BCUT2D eigenvalue weighted by Crippen LogP contribution is 2.30. The van der Waals surface area contributed by atoms with Gasteiger partial charge in [-0.2, -0.15) is 0 Å². The van der Waals surface area contributed by atoms with Gasteiger partial charge in [0.25, 0.3) is 5.91 Å². The molecule has 2 amide bonds. The van der Waals surface area contributed by atoms with Gasteiger partial charge in [-0.05, 0) is 12.1 Å². The predicted molar refractivity (Wildman–Crippen MR) is 64.0 cm³/mol. The molecule has 90 valence electrons. The summed E-state index contributed by atoms with van der Waals surface area (Å²) in [6.45, 7) is 3.66. The Labute approximate surface area is 99.2 Å². The van der Waals surface area contributed by atoms with E-state index in [4.69, 9.17) is 4.74 Å². The molecule has 0 aromatic heterocycles. The first-order chi connectivity index (χ1) is 8.06. The fourth-order valence-electron chi connectivity index (χ4n) is 1.44. The Hall–Kier alpha value is -2.04. The van der Waals surface area contributed by atoms with Crippen molar-refractivity contribution in [3.63, 3.8) is 0 Å². The van der Waals surface area contributed by atoms with Crippen LogP contribution in [-0.2, 0) is 9.59 Å². The number of carbonyl (C=O) groups is 2. The number of hydrogen-bond acceptors (Lipinski definition) is 3. The molecular weight excluding hydrogens is 220 g/mol. The van der Waals surface area contributed by atoms with Crippen molar-refractivity contribution in [1.82, 2.24) is 0 Å². The van der Waals surface area contributed by atoms with Crippen LogP contribution < -0.4 is 15.4 Å². The fourth-order valence-corrected chi connectivity index (χ4v) is 1.44. The molecule has 0 spiro atoms. The van der Waals surface area contributed by atoms with Gasteiger partial charge in [0.05, 0.1) is 5.69 Å². The minimum Gasteiger partial charge on any atom is -0.482 e. The molecular formula is C12H14N2O3. The van der Waals surface area contributed by atoms with E-state index in [2.05, 4.69) is 10.6 Å². The standard InChI is InChI=1S/C12H14N2O3/c1-7(2)12(16)13-8-3-4-9-10(5-8)17-6-11(15)14-9/h3-5,7H,6H2,1-2H3,(H,13,16)(H,14,15). The van der Waals surface area contributed by atoms with Gasteiger partial charge < -0.3 is 15.4 Å². The highest BCUT2D eigenvalue weighted by molar-refractivity contribution is 5.97. The van der Waals surface area contributed by atoms with Crippen molar-refractivity contribution in [2.45, 2.75) is 13.8 Å². The van der Waals surface area contributed by atoms with Crippen molar-refractivity contribution in [2.75, 3.05) is 17.2 Å². The summed E-state index contributed by atoms with van der Waals surface area (Å²) in [5.41, 5.74) is 1.29. The molecule has 0 saturated carbocycles. The van der Waals surface area contributed by atoms with Crippen molar-refractivity contribution < 1.29 is 14.3 Å². The Kier molecular flexibility index (Phi) is 2.99. The number of fused-ring (bicyclic) bond motifs is 1. The van der Waals surface area contributed by atoms with E-state index in [0.29, 0.717) is 17.1 Å². The molecule has 17 heavy (non-hydrogen) atoms. The van der Waals surface area contributed by atoms with Gasteiger partial charge in [-0.3, -0.25) is 9.59 Å². The zero-order valence-electron chi connectivity index (χ0n) is 9.74. The van der Waals surface area contributed by atoms with Gasteiger partial charge in [-0.1, -0.05) is 13.8 Å². The molecule has 0 saturated heterocycles. The molecule has 0 fully saturated rings. The number of carbonyl (C=O) groups excluding carboxylic acids is 2. The largest absolute Gasteiger partial charge is 0.482 e. The van der Waals surface area contributed by atoms with Crippen LogP contribution in [0.25, 0.3) is 0 Å². The first-order valence-electron chi connectivity index (χ1n) is 5.44. The van der Waals surface area contributed by atoms with Crippen molar-refractivity contribution in [3.05, 3.63) is 18.2 Å². The molecule has 0 atom stereocenters. The quantitative estimate of drug-likeness (QED) is 0.817. The Balaban J connectivity index is 2.17.